The minimum absolute atomic E-state index is 0.0694. The number of imidazole rings is 1. The van der Waals surface area contributed by atoms with Crippen LogP contribution in [-0.4, -0.2) is 51.8 Å². The van der Waals surface area contributed by atoms with Crippen LogP contribution in [0.1, 0.15) is 31.5 Å². The lowest BCUT2D eigenvalue weighted by Crippen LogP contribution is -2.58. The third kappa shape index (κ3) is 2.46. The molecular weight excluding hydrogens is 300 g/mol. The minimum atomic E-state index is 0.0694. The van der Waals surface area contributed by atoms with Gasteiger partial charge in [-0.2, -0.15) is 0 Å². The third-order valence-electron chi connectivity index (χ3n) is 6.14. The van der Waals surface area contributed by atoms with Crippen molar-refractivity contribution in [2.24, 2.45) is 7.05 Å². The third-order valence-corrected chi connectivity index (χ3v) is 6.14. The van der Waals surface area contributed by atoms with Gasteiger partial charge in [0.15, 0.2) is 0 Å². The Morgan fingerprint density at radius 2 is 2.04 bits per heavy atom. The number of nitrogens with zero attached hydrogens (tertiary/aromatic N) is 3. The van der Waals surface area contributed by atoms with E-state index in [-0.39, 0.29) is 5.60 Å². The molecule has 0 saturated carbocycles. The maximum Gasteiger partial charge on any atom is 0.123 e. The SMILES string of the molecule is Cn1c(CN2CCOC3(C[C@H]4CC[C@@H](C3)N4)C2)nc2ccccc21. The molecule has 4 heterocycles. The number of hydrogen-bond acceptors (Lipinski definition) is 4. The molecule has 1 unspecified atom stereocenters. The number of piperidine rings is 1. The summed E-state index contributed by atoms with van der Waals surface area (Å²) in [5.41, 5.74) is 2.38. The molecule has 3 saturated heterocycles. The standard InChI is InChI=1S/C19H26N4O/c1-22-17-5-3-2-4-16(17)21-18(22)12-23-8-9-24-19(13-23)10-14-6-7-15(11-19)20-14/h2-5,14-15,20H,6-13H2,1H3/t14-,15+,19?. The molecule has 1 spiro atoms. The van der Waals surface area contributed by atoms with E-state index in [0.717, 1.165) is 37.6 Å². The van der Waals surface area contributed by atoms with Crippen LogP contribution in [-0.2, 0) is 18.3 Å². The number of fused-ring (bicyclic) bond motifs is 3. The van der Waals surface area contributed by atoms with Crippen LogP contribution in [0.25, 0.3) is 11.0 Å². The first-order chi connectivity index (χ1) is 11.7. The molecule has 5 nitrogen and oxygen atoms in total. The minimum Gasteiger partial charge on any atom is -0.372 e. The van der Waals surface area contributed by atoms with Crippen LogP contribution in [0.4, 0.5) is 0 Å². The lowest BCUT2D eigenvalue weighted by molar-refractivity contribution is -0.133. The molecule has 1 aromatic carbocycles. The number of aromatic nitrogens is 2. The molecule has 3 atom stereocenters. The van der Waals surface area contributed by atoms with Gasteiger partial charge >= 0.3 is 0 Å². The molecule has 24 heavy (non-hydrogen) atoms. The van der Waals surface area contributed by atoms with E-state index in [1.807, 2.05) is 0 Å². The average molecular weight is 326 g/mol. The fourth-order valence-electron chi connectivity index (χ4n) is 5.05. The first-order valence-electron chi connectivity index (χ1n) is 9.24. The Labute approximate surface area is 143 Å². The highest BCUT2D eigenvalue weighted by Gasteiger charge is 2.46. The first kappa shape index (κ1) is 14.9. The maximum absolute atomic E-state index is 6.34. The summed E-state index contributed by atoms with van der Waals surface area (Å²) in [6.07, 6.45) is 4.98. The molecule has 1 aromatic heterocycles. The van der Waals surface area contributed by atoms with Crippen molar-refractivity contribution in [3.63, 3.8) is 0 Å². The zero-order chi connectivity index (χ0) is 16.1. The molecule has 1 N–H and O–H groups in total. The molecule has 0 amide bonds. The molecular formula is C19H26N4O. The fraction of sp³-hybridized carbons (Fsp3) is 0.632. The highest BCUT2D eigenvalue weighted by molar-refractivity contribution is 5.75. The summed E-state index contributed by atoms with van der Waals surface area (Å²) >= 11 is 0. The smallest absolute Gasteiger partial charge is 0.123 e. The lowest BCUT2D eigenvalue weighted by atomic mass is 9.86. The molecule has 5 heteroatoms. The number of nitrogens with one attached hydrogen (secondary N) is 1. The molecule has 0 radical (unpaired) electrons. The summed E-state index contributed by atoms with van der Waals surface area (Å²) < 4.78 is 8.58. The van der Waals surface area contributed by atoms with Crippen LogP contribution in [0.2, 0.25) is 0 Å². The van der Waals surface area contributed by atoms with Crippen LogP contribution in [0, 0.1) is 0 Å². The number of aryl methyl sites for hydroxylation is 1. The number of ether oxygens (including phenoxy) is 1. The van der Waals surface area contributed by atoms with E-state index in [1.165, 1.54) is 31.2 Å². The zero-order valence-electron chi connectivity index (χ0n) is 14.4. The second kappa shape index (κ2) is 5.55. The number of para-hydroxylation sites is 2. The van der Waals surface area contributed by atoms with Gasteiger partial charge in [-0.3, -0.25) is 4.90 Å². The summed E-state index contributed by atoms with van der Waals surface area (Å²) in [5.74, 6) is 1.16. The van der Waals surface area contributed by atoms with Crippen LogP contribution in [0.3, 0.4) is 0 Å². The summed E-state index contributed by atoms with van der Waals surface area (Å²) in [6.45, 7) is 3.82. The topological polar surface area (TPSA) is 42.3 Å². The van der Waals surface area contributed by atoms with Crippen molar-refractivity contribution in [1.29, 1.82) is 0 Å². The summed E-state index contributed by atoms with van der Waals surface area (Å²) in [4.78, 5) is 7.40. The molecule has 2 bridgehead atoms. The summed E-state index contributed by atoms with van der Waals surface area (Å²) in [7, 11) is 2.13. The predicted octanol–water partition coefficient (Wildman–Crippen LogP) is 2.06. The number of benzene rings is 1. The highest BCUT2D eigenvalue weighted by atomic mass is 16.5. The van der Waals surface area contributed by atoms with Gasteiger partial charge in [0.2, 0.25) is 0 Å². The molecule has 5 rings (SSSR count). The molecule has 2 aromatic rings. The van der Waals surface area contributed by atoms with Gasteiger partial charge in [-0.05, 0) is 37.8 Å². The van der Waals surface area contributed by atoms with Gasteiger partial charge in [-0.15, -0.1) is 0 Å². The Bertz CT molecular complexity index is 743. The van der Waals surface area contributed by atoms with E-state index < -0.39 is 0 Å². The van der Waals surface area contributed by atoms with Crippen molar-refractivity contribution in [3.05, 3.63) is 30.1 Å². The van der Waals surface area contributed by atoms with Gasteiger partial charge in [0, 0.05) is 32.2 Å². The number of rotatable bonds is 2. The Kier molecular flexibility index (Phi) is 3.44. The first-order valence-corrected chi connectivity index (χ1v) is 9.24. The monoisotopic (exact) mass is 326 g/mol. The van der Waals surface area contributed by atoms with Gasteiger partial charge < -0.3 is 14.6 Å². The van der Waals surface area contributed by atoms with Crippen molar-refractivity contribution in [1.82, 2.24) is 19.8 Å². The fourth-order valence-corrected chi connectivity index (χ4v) is 5.05. The van der Waals surface area contributed by atoms with Crippen LogP contribution in [0.5, 0.6) is 0 Å². The van der Waals surface area contributed by atoms with Crippen molar-refractivity contribution in [2.45, 2.75) is 49.9 Å². The van der Waals surface area contributed by atoms with E-state index >= 15 is 0 Å². The van der Waals surface area contributed by atoms with Gasteiger partial charge in [-0.25, -0.2) is 4.98 Å². The molecule has 0 aliphatic carbocycles. The largest absolute Gasteiger partial charge is 0.372 e. The van der Waals surface area contributed by atoms with Crippen molar-refractivity contribution in [3.8, 4) is 0 Å². The zero-order valence-corrected chi connectivity index (χ0v) is 14.4. The van der Waals surface area contributed by atoms with E-state index in [9.17, 15) is 0 Å². The maximum atomic E-state index is 6.34. The molecule has 3 aliphatic heterocycles. The highest BCUT2D eigenvalue weighted by Crippen LogP contribution is 2.38. The normalized spacial score (nSPS) is 33.5. The van der Waals surface area contributed by atoms with Crippen LogP contribution < -0.4 is 5.32 Å². The Balaban J connectivity index is 1.36. The van der Waals surface area contributed by atoms with Gasteiger partial charge in [0.1, 0.15) is 5.82 Å². The summed E-state index contributed by atoms with van der Waals surface area (Å²) in [6, 6.07) is 9.73. The molecule has 3 aliphatic rings. The Hall–Kier alpha value is -1.43. The number of morpholine rings is 1. The van der Waals surface area contributed by atoms with E-state index in [0.29, 0.717) is 12.1 Å². The van der Waals surface area contributed by atoms with Crippen LogP contribution >= 0.6 is 0 Å². The van der Waals surface area contributed by atoms with Crippen LogP contribution in [0.15, 0.2) is 24.3 Å². The molecule has 3 fully saturated rings. The second-order valence-corrected chi connectivity index (χ2v) is 7.86. The van der Waals surface area contributed by atoms with E-state index in [1.54, 1.807) is 0 Å². The van der Waals surface area contributed by atoms with Gasteiger partial charge in [-0.1, -0.05) is 12.1 Å². The molecule has 128 valence electrons. The van der Waals surface area contributed by atoms with E-state index in [2.05, 4.69) is 46.1 Å². The average Bonchev–Trinajstić information content (AvgIpc) is 3.08. The number of hydrogen-bond donors (Lipinski definition) is 1. The van der Waals surface area contributed by atoms with Crippen molar-refractivity contribution in [2.75, 3.05) is 19.7 Å². The predicted molar refractivity (Wildman–Crippen MR) is 93.9 cm³/mol. The van der Waals surface area contributed by atoms with E-state index in [4.69, 9.17) is 9.72 Å². The van der Waals surface area contributed by atoms with Gasteiger partial charge in [0.25, 0.3) is 0 Å². The van der Waals surface area contributed by atoms with Crippen molar-refractivity contribution < 1.29 is 4.74 Å². The Morgan fingerprint density at radius 1 is 1.25 bits per heavy atom. The van der Waals surface area contributed by atoms with Crippen molar-refractivity contribution >= 4 is 11.0 Å². The lowest BCUT2D eigenvalue weighted by Gasteiger charge is -2.47. The second-order valence-electron chi connectivity index (χ2n) is 7.86. The Morgan fingerprint density at radius 3 is 2.83 bits per heavy atom. The van der Waals surface area contributed by atoms with Gasteiger partial charge in [0.05, 0.1) is 29.8 Å². The summed E-state index contributed by atoms with van der Waals surface area (Å²) in [5, 5.41) is 3.74. The quantitative estimate of drug-likeness (QED) is 0.917.